The highest BCUT2D eigenvalue weighted by molar-refractivity contribution is 7.99. The van der Waals surface area contributed by atoms with Gasteiger partial charge in [-0.3, -0.25) is 0 Å². The van der Waals surface area contributed by atoms with Crippen molar-refractivity contribution < 1.29 is 4.74 Å². The Balaban J connectivity index is 2.22. The van der Waals surface area contributed by atoms with Gasteiger partial charge in [-0.2, -0.15) is 4.98 Å². The Kier molecular flexibility index (Phi) is 5.34. The van der Waals surface area contributed by atoms with E-state index < -0.39 is 0 Å². The molecule has 106 valence electrons. The van der Waals surface area contributed by atoms with Gasteiger partial charge in [-0.25, -0.2) is 4.98 Å². The zero-order valence-electron chi connectivity index (χ0n) is 10.8. The molecule has 0 fully saturated rings. The van der Waals surface area contributed by atoms with Gasteiger partial charge in [0.05, 0.1) is 16.7 Å². The number of benzene rings is 1. The second kappa shape index (κ2) is 7.02. The van der Waals surface area contributed by atoms with Crippen LogP contribution in [0, 0.1) is 0 Å². The molecule has 1 heterocycles. The van der Waals surface area contributed by atoms with Crippen LogP contribution in [0.1, 0.15) is 13.3 Å². The molecule has 0 saturated carbocycles. The lowest BCUT2D eigenvalue weighted by molar-refractivity contribution is 0.305. The highest BCUT2D eigenvalue weighted by atomic mass is 35.5. The average molecular weight is 330 g/mol. The number of nitrogens with two attached hydrogens (primary N) is 1. The van der Waals surface area contributed by atoms with Crippen LogP contribution in [0.3, 0.4) is 0 Å². The summed E-state index contributed by atoms with van der Waals surface area (Å²) < 4.78 is 5.47. The van der Waals surface area contributed by atoms with Gasteiger partial charge in [0.15, 0.2) is 0 Å². The molecule has 0 bridgehead atoms. The van der Waals surface area contributed by atoms with Gasteiger partial charge < -0.3 is 10.5 Å². The summed E-state index contributed by atoms with van der Waals surface area (Å²) in [5.41, 5.74) is 6.44. The van der Waals surface area contributed by atoms with Crippen molar-refractivity contribution >= 4 is 40.7 Å². The van der Waals surface area contributed by atoms with Gasteiger partial charge in [0.2, 0.25) is 5.88 Å². The first-order valence-corrected chi connectivity index (χ1v) is 7.55. The first-order valence-electron chi connectivity index (χ1n) is 5.98. The van der Waals surface area contributed by atoms with Crippen molar-refractivity contribution in [2.24, 2.45) is 0 Å². The van der Waals surface area contributed by atoms with E-state index in [0.29, 0.717) is 33.2 Å². The summed E-state index contributed by atoms with van der Waals surface area (Å²) in [6.45, 7) is 2.58. The van der Waals surface area contributed by atoms with E-state index in [4.69, 9.17) is 33.7 Å². The van der Waals surface area contributed by atoms with Gasteiger partial charge in [0, 0.05) is 4.90 Å². The molecule has 4 nitrogen and oxygen atoms in total. The fraction of sp³-hybridized carbons (Fsp3) is 0.231. The van der Waals surface area contributed by atoms with Crippen LogP contribution in [0.2, 0.25) is 10.0 Å². The molecular weight excluding hydrogens is 317 g/mol. The molecule has 0 radical (unpaired) electrons. The summed E-state index contributed by atoms with van der Waals surface area (Å²) in [6, 6.07) is 5.35. The Morgan fingerprint density at radius 2 is 2.05 bits per heavy atom. The van der Waals surface area contributed by atoms with Gasteiger partial charge in [-0.05, 0) is 24.6 Å². The smallest absolute Gasteiger partial charge is 0.241 e. The molecule has 0 unspecified atom stereocenters. The van der Waals surface area contributed by atoms with Crippen LogP contribution < -0.4 is 10.5 Å². The lowest BCUT2D eigenvalue weighted by Gasteiger charge is -2.09. The number of hydrogen-bond acceptors (Lipinski definition) is 5. The molecule has 0 aliphatic heterocycles. The molecule has 0 amide bonds. The molecule has 2 aromatic rings. The van der Waals surface area contributed by atoms with Crippen LogP contribution in [-0.2, 0) is 0 Å². The van der Waals surface area contributed by atoms with Crippen LogP contribution in [0.4, 0.5) is 5.69 Å². The number of halogens is 2. The second-order valence-corrected chi connectivity index (χ2v) is 5.80. The van der Waals surface area contributed by atoms with E-state index in [1.165, 1.54) is 18.1 Å². The first kappa shape index (κ1) is 15.2. The highest BCUT2D eigenvalue weighted by Gasteiger charge is 2.11. The van der Waals surface area contributed by atoms with E-state index in [1.54, 1.807) is 12.1 Å². The van der Waals surface area contributed by atoms with Gasteiger partial charge >= 0.3 is 0 Å². The minimum atomic E-state index is 0.407. The minimum absolute atomic E-state index is 0.407. The zero-order valence-corrected chi connectivity index (χ0v) is 13.1. The Labute approximate surface area is 131 Å². The summed E-state index contributed by atoms with van der Waals surface area (Å²) in [4.78, 5) is 9.09. The Morgan fingerprint density at radius 1 is 1.25 bits per heavy atom. The SMILES string of the molecule is CCCOc1ncnc(Sc2ccc(Cl)c(Cl)c2)c1N. The molecular formula is C13H13Cl2N3OS. The van der Waals surface area contributed by atoms with Crippen LogP contribution in [0.15, 0.2) is 34.4 Å². The molecule has 2 rings (SSSR count). The fourth-order valence-electron chi connectivity index (χ4n) is 1.41. The number of aromatic nitrogens is 2. The van der Waals surface area contributed by atoms with Crippen LogP contribution in [0.25, 0.3) is 0 Å². The van der Waals surface area contributed by atoms with E-state index in [1.807, 2.05) is 13.0 Å². The molecule has 1 aromatic carbocycles. The topological polar surface area (TPSA) is 61.0 Å². The van der Waals surface area contributed by atoms with E-state index in [-0.39, 0.29) is 0 Å². The monoisotopic (exact) mass is 329 g/mol. The van der Waals surface area contributed by atoms with Crippen molar-refractivity contribution in [3.63, 3.8) is 0 Å². The second-order valence-electron chi connectivity index (χ2n) is 3.92. The lowest BCUT2D eigenvalue weighted by Crippen LogP contribution is -2.03. The standard InChI is InChI=1S/C13H13Cl2N3OS/c1-2-5-19-12-11(16)13(18-7-17-12)20-8-3-4-9(14)10(15)6-8/h3-4,6-7H,2,5,16H2,1H3. The highest BCUT2D eigenvalue weighted by Crippen LogP contribution is 2.36. The van der Waals surface area contributed by atoms with Gasteiger partial charge in [-0.1, -0.05) is 41.9 Å². The summed E-state index contributed by atoms with van der Waals surface area (Å²) in [6.07, 6.45) is 2.32. The number of hydrogen-bond donors (Lipinski definition) is 1. The fourth-order valence-corrected chi connectivity index (χ4v) is 2.61. The van der Waals surface area contributed by atoms with E-state index in [9.17, 15) is 0 Å². The van der Waals surface area contributed by atoms with Gasteiger partial charge in [0.25, 0.3) is 0 Å². The average Bonchev–Trinajstić information content (AvgIpc) is 2.44. The van der Waals surface area contributed by atoms with Crippen molar-refractivity contribution in [1.29, 1.82) is 0 Å². The number of rotatable bonds is 5. The normalized spacial score (nSPS) is 10.6. The van der Waals surface area contributed by atoms with Crippen molar-refractivity contribution in [2.45, 2.75) is 23.3 Å². The number of nitrogens with zero attached hydrogens (tertiary/aromatic N) is 2. The third-order valence-electron chi connectivity index (χ3n) is 2.36. The van der Waals surface area contributed by atoms with Gasteiger partial charge in [0.1, 0.15) is 17.0 Å². The van der Waals surface area contributed by atoms with Crippen molar-refractivity contribution in [3.8, 4) is 5.88 Å². The predicted molar refractivity (Wildman–Crippen MR) is 82.8 cm³/mol. The van der Waals surface area contributed by atoms with Crippen LogP contribution in [0.5, 0.6) is 5.88 Å². The van der Waals surface area contributed by atoms with Crippen molar-refractivity contribution in [2.75, 3.05) is 12.3 Å². The van der Waals surface area contributed by atoms with Gasteiger partial charge in [-0.15, -0.1) is 0 Å². The summed E-state index contributed by atoms with van der Waals surface area (Å²) >= 11 is 13.3. The third kappa shape index (κ3) is 3.69. The maximum absolute atomic E-state index is 6.01. The van der Waals surface area contributed by atoms with Crippen LogP contribution in [-0.4, -0.2) is 16.6 Å². The molecule has 20 heavy (non-hydrogen) atoms. The van der Waals surface area contributed by atoms with E-state index in [0.717, 1.165) is 11.3 Å². The summed E-state index contributed by atoms with van der Waals surface area (Å²) in [5.74, 6) is 0.407. The number of anilines is 1. The van der Waals surface area contributed by atoms with E-state index in [2.05, 4.69) is 9.97 Å². The quantitative estimate of drug-likeness (QED) is 0.828. The molecule has 0 aliphatic carbocycles. The maximum Gasteiger partial charge on any atom is 0.241 e. The van der Waals surface area contributed by atoms with Crippen molar-refractivity contribution in [1.82, 2.24) is 9.97 Å². The molecule has 1 aromatic heterocycles. The zero-order chi connectivity index (χ0) is 14.5. The maximum atomic E-state index is 6.01. The lowest BCUT2D eigenvalue weighted by atomic mass is 10.4. The Hall–Kier alpha value is -1.17. The first-order chi connectivity index (χ1) is 9.61. The predicted octanol–water partition coefficient (Wildman–Crippen LogP) is 4.31. The number of nitrogen functional groups attached to an aromatic ring is 1. The van der Waals surface area contributed by atoms with E-state index >= 15 is 0 Å². The Bertz CT molecular complexity index is 610. The van der Waals surface area contributed by atoms with Crippen LogP contribution >= 0.6 is 35.0 Å². The largest absolute Gasteiger partial charge is 0.476 e. The minimum Gasteiger partial charge on any atom is -0.476 e. The molecule has 0 aliphatic rings. The molecule has 2 N–H and O–H groups in total. The molecule has 0 saturated heterocycles. The summed E-state index contributed by atoms with van der Waals surface area (Å²) in [5, 5.41) is 1.63. The van der Waals surface area contributed by atoms with Crippen molar-refractivity contribution in [3.05, 3.63) is 34.6 Å². The third-order valence-corrected chi connectivity index (χ3v) is 4.11. The molecule has 0 spiro atoms. The Morgan fingerprint density at radius 3 is 2.75 bits per heavy atom. The summed E-state index contributed by atoms with van der Waals surface area (Å²) in [7, 11) is 0. The molecule has 7 heteroatoms. The number of ether oxygens (including phenoxy) is 1. The molecule has 0 atom stereocenters.